The molecule has 2 N–H and O–H groups in total. The molecule has 0 bridgehead atoms. The van der Waals surface area contributed by atoms with E-state index in [2.05, 4.69) is 55.0 Å². The molecule has 1 aromatic rings. The summed E-state index contributed by atoms with van der Waals surface area (Å²) in [4.78, 5) is 9.20. The van der Waals surface area contributed by atoms with E-state index in [4.69, 9.17) is 5.73 Å². The Hall–Kier alpha value is -1.13. The maximum atomic E-state index is 6.01. The van der Waals surface area contributed by atoms with Crippen molar-refractivity contribution in [2.24, 2.45) is 5.73 Å². The maximum absolute atomic E-state index is 6.01. The summed E-state index contributed by atoms with van der Waals surface area (Å²) in [5, 5.41) is 0. The van der Waals surface area contributed by atoms with E-state index in [-0.39, 0.29) is 6.04 Å². The Balaban J connectivity index is 2.04. The molecule has 2 rings (SSSR count). The van der Waals surface area contributed by atoms with Crippen molar-refractivity contribution in [3.8, 4) is 0 Å². The lowest BCUT2D eigenvalue weighted by Gasteiger charge is -2.49. The van der Waals surface area contributed by atoms with Crippen LogP contribution in [0.4, 0.5) is 5.69 Å². The molecule has 20 heavy (non-hydrogen) atoms. The summed E-state index contributed by atoms with van der Waals surface area (Å²) in [6.07, 6.45) is 6.79. The molecule has 112 valence electrons. The molecule has 0 unspecified atom stereocenters. The molecule has 1 fully saturated rings. The van der Waals surface area contributed by atoms with Crippen LogP contribution in [0.15, 0.2) is 18.3 Å². The fourth-order valence-corrected chi connectivity index (χ4v) is 2.92. The first kappa shape index (κ1) is 15.3. The van der Waals surface area contributed by atoms with Crippen LogP contribution < -0.4 is 10.6 Å². The first-order valence-electron chi connectivity index (χ1n) is 7.58. The molecule has 1 aliphatic carbocycles. The van der Waals surface area contributed by atoms with Crippen LogP contribution in [0.5, 0.6) is 0 Å². The monoisotopic (exact) mass is 276 g/mol. The number of rotatable bonds is 6. The number of hydrogen-bond donors (Lipinski definition) is 1. The van der Waals surface area contributed by atoms with Gasteiger partial charge in [0.2, 0.25) is 0 Å². The predicted molar refractivity (Wildman–Crippen MR) is 85.0 cm³/mol. The van der Waals surface area contributed by atoms with Crippen LogP contribution in [0.1, 0.15) is 44.3 Å². The Labute approximate surface area is 123 Å². The predicted octanol–water partition coefficient (Wildman–Crippen LogP) is 2.41. The van der Waals surface area contributed by atoms with Crippen molar-refractivity contribution in [2.75, 3.05) is 32.6 Å². The summed E-state index contributed by atoms with van der Waals surface area (Å²) in [5.41, 5.74) is 8.50. The third-order valence-corrected chi connectivity index (χ3v) is 4.80. The summed E-state index contributed by atoms with van der Waals surface area (Å²) in [7, 11) is 6.53. The van der Waals surface area contributed by atoms with Crippen molar-refractivity contribution in [3.63, 3.8) is 0 Å². The zero-order valence-electron chi connectivity index (χ0n) is 13.3. The Morgan fingerprint density at radius 2 is 2.00 bits per heavy atom. The average Bonchev–Trinajstić information content (AvgIpc) is 2.41. The van der Waals surface area contributed by atoms with E-state index in [1.807, 2.05) is 6.20 Å². The van der Waals surface area contributed by atoms with Crippen molar-refractivity contribution < 1.29 is 0 Å². The highest BCUT2D eigenvalue weighted by Gasteiger charge is 2.39. The standard InChI is InChI=1S/C16H28N4/c1-5-14(17)15-8-7-13(11-18-15)20(4)12-16(19(2)3)9-6-10-16/h7-8,11,14H,5-6,9-10,12,17H2,1-4H3/t14-/m0/s1. The van der Waals surface area contributed by atoms with Crippen LogP contribution in [-0.4, -0.2) is 43.1 Å². The largest absolute Gasteiger partial charge is 0.371 e. The first-order valence-corrected chi connectivity index (χ1v) is 7.58. The number of hydrogen-bond acceptors (Lipinski definition) is 4. The molecule has 0 radical (unpaired) electrons. The molecule has 1 heterocycles. The van der Waals surface area contributed by atoms with Gasteiger partial charge in [-0.3, -0.25) is 4.98 Å². The van der Waals surface area contributed by atoms with Crippen molar-refractivity contribution in [3.05, 3.63) is 24.0 Å². The molecule has 1 aliphatic rings. The zero-order valence-corrected chi connectivity index (χ0v) is 13.3. The van der Waals surface area contributed by atoms with Crippen molar-refractivity contribution >= 4 is 5.69 Å². The summed E-state index contributed by atoms with van der Waals surface area (Å²) in [5.74, 6) is 0. The fourth-order valence-electron chi connectivity index (χ4n) is 2.92. The van der Waals surface area contributed by atoms with Gasteiger partial charge in [-0.1, -0.05) is 6.92 Å². The number of nitrogens with zero attached hydrogens (tertiary/aromatic N) is 3. The molecule has 4 nitrogen and oxygen atoms in total. The van der Waals surface area contributed by atoms with Gasteiger partial charge in [0, 0.05) is 25.2 Å². The van der Waals surface area contributed by atoms with Crippen molar-refractivity contribution in [2.45, 2.75) is 44.2 Å². The topological polar surface area (TPSA) is 45.4 Å². The minimum absolute atomic E-state index is 0.0501. The highest BCUT2D eigenvalue weighted by Crippen LogP contribution is 2.37. The zero-order chi connectivity index (χ0) is 14.8. The smallest absolute Gasteiger partial charge is 0.0572 e. The molecule has 1 atom stereocenters. The highest BCUT2D eigenvalue weighted by atomic mass is 15.2. The SMILES string of the molecule is CC[C@H](N)c1ccc(N(C)CC2(N(C)C)CCC2)cn1. The van der Waals surface area contributed by atoms with E-state index < -0.39 is 0 Å². The fraction of sp³-hybridized carbons (Fsp3) is 0.688. The molecular weight excluding hydrogens is 248 g/mol. The van der Waals surface area contributed by atoms with Crippen LogP contribution in [0.3, 0.4) is 0 Å². The quantitative estimate of drug-likeness (QED) is 0.866. The third kappa shape index (κ3) is 2.96. The number of nitrogens with two attached hydrogens (primary N) is 1. The van der Waals surface area contributed by atoms with Crippen LogP contribution in [0.2, 0.25) is 0 Å². The van der Waals surface area contributed by atoms with Crippen LogP contribution in [0.25, 0.3) is 0 Å². The first-order chi connectivity index (χ1) is 9.48. The highest BCUT2D eigenvalue weighted by molar-refractivity contribution is 5.44. The molecule has 0 aromatic carbocycles. The van der Waals surface area contributed by atoms with Gasteiger partial charge >= 0.3 is 0 Å². The number of anilines is 1. The lowest BCUT2D eigenvalue weighted by molar-refractivity contribution is 0.0683. The molecule has 0 amide bonds. The Kier molecular flexibility index (Phi) is 4.66. The minimum atomic E-state index is 0.0501. The average molecular weight is 276 g/mol. The molecule has 0 spiro atoms. The van der Waals surface area contributed by atoms with Gasteiger partial charge < -0.3 is 15.5 Å². The molecule has 1 saturated carbocycles. The van der Waals surface area contributed by atoms with Crippen LogP contribution >= 0.6 is 0 Å². The van der Waals surface area contributed by atoms with Gasteiger partial charge in [0.25, 0.3) is 0 Å². The normalized spacial score (nSPS) is 18.7. The lowest BCUT2D eigenvalue weighted by Crippen LogP contribution is -2.56. The van der Waals surface area contributed by atoms with E-state index in [1.54, 1.807) is 0 Å². The number of likely N-dealkylation sites (N-methyl/N-ethyl adjacent to an activating group) is 2. The molecule has 1 aromatic heterocycles. The second-order valence-electron chi connectivity index (χ2n) is 6.28. The Morgan fingerprint density at radius 3 is 2.40 bits per heavy atom. The third-order valence-electron chi connectivity index (χ3n) is 4.80. The van der Waals surface area contributed by atoms with Crippen LogP contribution in [-0.2, 0) is 0 Å². The van der Waals surface area contributed by atoms with Crippen molar-refractivity contribution in [1.29, 1.82) is 0 Å². The second-order valence-corrected chi connectivity index (χ2v) is 6.28. The van der Waals surface area contributed by atoms with Gasteiger partial charge in [0.1, 0.15) is 0 Å². The summed E-state index contributed by atoms with van der Waals surface area (Å²) in [6, 6.07) is 4.25. The van der Waals surface area contributed by atoms with Crippen molar-refractivity contribution in [1.82, 2.24) is 9.88 Å². The van der Waals surface area contributed by atoms with Gasteiger partial charge in [-0.05, 0) is 51.9 Å². The molecular formula is C16H28N4. The minimum Gasteiger partial charge on any atom is -0.371 e. The summed E-state index contributed by atoms with van der Waals surface area (Å²) >= 11 is 0. The van der Waals surface area contributed by atoms with E-state index in [0.717, 1.165) is 18.7 Å². The Bertz CT molecular complexity index is 423. The van der Waals surface area contributed by atoms with E-state index >= 15 is 0 Å². The summed E-state index contributed by atoms with van der Waals surface area (Å²) < 4.78 is 0. The van der Waals surface area contributed by atoms with E-state index in [1.165, 1.54) is 24.9 Å². The summed E-state index contributed by atoms with van der Waals surface area (Å²) in [6.45, 7) is 3.14. The number of pyridine rings is 1. The van der Waals surface area contributed by atoms with Gasteiger partial charge in [-0.2, -0.15) is 0 Å². The van der Waals surface area contributed by atoms with Gasteiger partial charge in [0.15, 0.2) is 0 Å². The second kappa shape index (κ2) is 6.10. The Morgan fingerprint density at radius 1 is 1.30 bits per heavy atom. The van der Waals surface area contributed by atoms with E-state index in [0.29, 0.717) is 5.54 Å². The van der Waals surface area contributed by atoms with Gasteiger partial charge in [0.05, 0.1) is 17.6 Å². The molecule has 0 aliphatic heterocycles. The van der Waals surface area contributed by atoms with Gasteiger partial charge in [-0.25, -0.2) is 0 Å². The molecule has 0 saturated heterocycles. The van der Waals surface area contributed by atoms with Gasteiger partial charge in [-0.15, -0.1) is 0 Å². The van der Waals surface area contributed by atoms with Crippen LogP contribution in [0, 0.1) is 0 Å². The van der Waals surface area contributed by atoms with E-state index in [9.17, 15) is 0 Å². The molecule has 4 heteroatoms. The lowest BCUT2D eigenvalue weighted by atomic mass is 9.75. The number of aromatic nitrogens is 1. The maximum Gasteiger partial charge on any atom is 0.0572 e.